The second kappa shape index (κ2) is 10.5. The standard InChI is InChI=1S/C21H17BrClN3O3/c1-3-28-19-11-14(10-16(22)20(19)29-8-7-24)9-15(12-25)21(27)26-18-6-4-5-17(23)13(18)2/h4-6,9-11H,3,8H2,1-2H3,(H,26,27)/b15-9+. The average molecular weight is 475 g/mol. The van der Waals surface area contributed by atoms with Crippen LogP contribution in [0, 0.1) is 29.6 Å². The van der Waals surface area contributed by atoms with Crippen molar-refractivity contribution in [1.82, 2.24) is 0 Å². The number of ether oxygens (including phenoxy) is 2. The Bertz CT molecular complexity index is 1040. The van der Waals surface area contributed by atoms with Gasteiger partial charge in [-0.3, -0.25) is 4.79 Å². The number of nitriles is 2. The summed E-state index contributed by atoms with van der Waals surface area (Å²) in [5.41, 5.74) is 1.70. The van der Waals surface area contributed by atoms with Crippen molar-refractivity contribution >= 4 is 45.2 Å². The molecule has 0 aliphatic carbocycles. The lowest BCUT2D eigenvalue weighted by Gasteiger charge is -2.13. The lowest BCUT2D eigenvalue weighted by molar-refractivity contribution is -0.112. The fourth-order valence-corrected chi connectivity index (χ4v) is 3.18. The molecule has 6 nitrogen and oxygen atoms in total. The number of nitrogens with one attached hydrogen (secondary N) is 1. The van der Waals surface area contributed by atoms with Crippen molar-refractivity contribution < 1.29 is 14.3 Å². The predicted octanol–water partition coefficient (Wildman–Crippen LogP) is 5.26. The van der Waals surface area contributed by atoms with Crippen LogP contribution in [0.2, 0.25) is 5.02 Å². The number of carbonyl (C=O) groups excluding carboxylic acids is 1. The van der Waals surface area contributed by atoms with Crippen molar-refractivity contribution in [2.45, 2.75) is 13.8 Å². The molecule has 1 amide bonds. The van der Waals surface area contributed by atoms with E-state index in [1.54, 1.807) is 37.3 Å². The van der Waals surface area contributed by atoms with Gasteiger partial charge in [0.1, 0.15) is 17.7 Å². The van der Waals surface area contributed by atoms with E-state index in [1.807, 2.05) is 19.1 Å². The van der Waals surface area contributed by atoms with Crippen LogP contribution < -0.4 is 14.8 Å². The van der Waals surface area contributed by atoms with Crippen LogP contribution in [-0.4, -0.2) is 19.1 Å². The summed E-state index contributed by atoms with van der Waals surface area (Å²) >= 11 is 9.45. The zero-order valence-electron chi connectivity index (χ0n) is 15.8. The van der Waals surface area contributed by atoms with Gasteiger partial charge in [0.25, 0.3) is 5.91 Å². The van der Waals surface area contributed by atoms with Crippen molar-refractivity contribution in [3.05, 3.63) is 56.5 Å². The van der Waals surface area contributed by atoms with Crippen molar-refractivity contribution in [1.29, 1.82) is 10.5 Å². The number of nitrogens with zero attached hydrogens (tertiary/aromatic N) is 2. The first-order valence-electron chi connectivity index (χ1n) is 8.55. The van der Waals surface area contributed by atoms with Gasteiger partial charge in [0.05, 0.1) is 11.1 Å². The number of benzene rings is 2. The Hall–Kier alpha value is -3.00. The molecule has 0 atom stereocenters. The van der Waals surface area contributed by atoms with Gasteiger partial charge in [-0.2, -0.15) is 10.5 Å². The van der Waals surface area contributed by atoms with Crippen molar-refractivity contribution in [3.8, 4) is 23.6 Å². The van der Waals surface area contributed by atoms with E-state index >= 15 is 0 Å². The van der Waals surface area contributed by atoms with Gasteiger partial charge in [-0.25, -0.2) is 0 Å². The Morgan fingerprint density at radius 2 is 2.07 bits per heavy atom. The van der Waals surface area contributed by atoms with Gasteiger partial charge in [-0.1, -0.05) is 17.7 Å². The molecular weight excluding hydrogens is 458 g/mol. The molecule has 2 rings (SSSR count). The van der Waals surface area contributed by atoms with Gasteiger partial charge in [0.15, 0.2) is 18.1 Å². The van der Waals surface area contributed by atoms with Gasteiger partial charge in [0.2, 0.25) is 0 Å². The lowest BCUT2D eigenvalue weighted by atomic mass is 10.1. The van der Waals surface area contributed by atoms with E-state index in [0.717, 1.165) is 0 Å². The van der Waals surface area contributed by atoms with E-state index in [9.17, 15) is 10.1 Å². The topological polar surface area (TPSA) is 95.1 Å². The van der Waals surface area contributed by atoms with E-state index in [1.165, 1.54) is 6.08 Å². The summed E-state index contributed by atoms with van der Waals surface area (Å²) in [6, 6.07) is 12.3. The van der Waals surface area contributed by atoms with Crippen LogP contribution in [0.25, 0.3) is 6.08 Å². The molecule has 0 radical (unpaired) electrons. The first kappa shape index (κ1) is 22.3. The Kier molecular flexibility index (Phi) is 8.09. The van der Waals surface area contributed by atoms with Crippen LogP contribution >= 0.6 is 27.5 Å². The first-order chi connectivity index (χ1) is 13.9. The first-order valence-corrected chi connectivity index (χ1v) is 9.72. The third kappa shape index (κ3) is 5.74. The maximum atomic E-state index is 12.6. The number of hydrogen-bond donors (Lipinski definition) is 1. The summed E-state index contributed by atoms with van der Waals surface area (Å²) in [7, 11) is 0. The van der Waals surface area contributed by atoms with Gasteiger partial charge < -0.3 is 14.8 Å². The van der Waals surface area contributed by atoms with E-state index in [2.05, 4.69) is 21.2 Å². The smallest absolute Gasteiger partial charge is 0.266 e. The molecule has 0 spiro atoms. The number of halogens is 2. The SMILES string of the molecule is CCOc1cc(/C=C(\C#N)C(=O)Nc2cccc(Cl)c2C)cc(Br)c1OCC#N. The minimum absolute atomic E-state index is 0.0931. The maximum Gasteiger partial charge on any atom is 0.266 e. The molecule has 0 saturated carbocycles. The maximum absolute atomic E-state index is 12.6. The molecule has 0 aliphatic heterocycles. The molecule has 29 heavy (non-hydrogen) atoms. The van der Waals surface area contributed by atoms with Gasteiger partial charge in [-0.05, 0) is 71.2 Å². The van der Waals surface area contributed by atoms with Crippen LogP contribution in [0.1, 0.15) is 18.1 Å². The summed E-state index contributed by atoms with van der Waals surface area (Å²) < 4.78 is 11.5. The zero-order valence-corrected chi connectivity index (χ0v) is 18.1. The predicted molar refractivity (Wildman–Crippen MR) is 115 cm³/mol. The molecule has 0 unspecified atom stereocenters. The number of carbonyl (C=O) groups is 1. The molecule has 148 valence electrons. The monoisotopic (exact) mass is 473 g/mol. The zero-order chi connectivity index (χ0) is 21.4. The largest absolute Gasteiger partial charge is 0.490 e. The highest BCUT2D eigenvalue weighted by atomic mass is 79.9. The molecule has 2 aromatic carbocycles. The van der Waals surface area contributed by atoms with Crippen molar-refractivity contribution in [3.63, 3.8) is 0 Å². The Morgan fingerprint density at radius 3 is 2.72 bits per heavy atom. The highest BCUT2D eigenvalue weighted by Gasteiger charge is 2.15. The third-order valence-electron chi connectivity index (χ3n) is 3.80. The van der Waals surface area contributed by atoms with Gasteiger partial charge in [0, 0.05) is 10.7 Å². The fraction of sp³-hybridized carbons (Fsp3) is 0.190. The molecular formula is C21H17BrClN3O3. The van der Waals surface area contributed by atoms with E-state index in [-0.39, 0.29) is 12.2 Å². The van der Waals surface area contributed by atoms with E-state index in [4.69, 9.17) is 26.3 Å². The van der Waals surface area contributed by atoms with Crippen molar-refractivity contribution in [2.75, 3.05) is 18.5 Å². The van der Waals surface area contributed by atoms with Crippen LogP contribution in [-0.2, 0) is 4.79 Å². The van der Waals surface area contributed by atoms with E-state index < -0.39 is 5.91 Å². The molecule has 0 saturated heterocycles. The van der Waals surface area contributed by atoms with Crippen LogP contribution in [0.15, 0.2) is 40.4 Å². The summed E-state index contributed by atoms with van der Waals surface area (Å²) in [6.45, 7) is 3.83. The molecule has 0 aliphatic rings. The summed E-state index contributed by atoms with van der Waals surface area (Å²) in [4.78, 5) is 12.6. The molecule has 0 aromatic heterocycles. The minimum Gasteiger partial charge on any atom is -0.490 e. The van der Waals surface area contributed by atoms with Crippen LogP contribution in [0.5, 0.6) is 11.5 Å². The Labute approximate surface area is 182 Å². The second-order valence-corrected chi connectivity index (χ2v) is 7.01. The van der Waals surface area contributed by atoms with Gasteiger partial charge in [-0.15, -0.1) is 0 Å². The highest BCUT2D eigenvalue weighted by molar-refractivity contribution is 9.10. The summed E-state index contributed by atoms with van der Waals surface area (Å²) in [5.74, 6) is 0.214. The Morgan fingerprint density at radius 1 is 1.31 bits per heavy atom. The molecule has 0 bridgehead atoms. The number of rotatable bonds is 7. The molecule has 0 fully saturated rings. The summed E-state index contributed by atoms with van der Waals surface area (Å²) in [6.07, 6.45) is 1.44. The van der Waals surface area contributed by atoms with E-state index in [0.29, 0.717) is 44.4 Å². The highest BCUT2D eigenvalue weighted by Crippen LogP contribution is 2.37. The molecule has 2 aromatic rings. The normalized spacial score (nSPS) is 10.6. The van der Waals surface area contributed by atoms with Crippen molar-refractivity contribution in [2.24, 2.45) is 0 Å². The minimum atomic E-state index is -0.559. The second-order valence-electron chi connectivity index (χ2n) is 5.75. The van der Waals surface area contributed by atoms with Crippen LogP contribution in [0.4, 0.5) is 5.69 Å². The number of hydrogen-bond acceptors (Lipinski definition) is 5. The third-order valence-corrected chi connectivity index (χ3v) is 4.80. The van der Waals surface area contributed by atoms with Crippen LogP contribution in [0.3, 0.4) is 0 Å². The fourth-order valence-electron chi connectivity index (χ4n) is 2.43. The Balaban J connectivity index is 2.36. The van der Waals surface area contributed by atoms with Gasteiger partial charge >= 0.3 is 0 Å². The lowest BCUT2D eigenvalue weighted by Crippen LogP contribution is -2.14. The molecule has 1 N–H and O–H groups in total. The number of amides is 1. The average Bonchev–Trinajstić information content (AvgIpc) is 2.69. The molecule has 8 heteroatoms. The molecule has 0 heterocycles. The number of anilines is 1. The summed E-state index contributed by atoms with van der Waals surface area (Å²) in [5, 5.41) is 21.4. The quantitative estimate of drug-likeness (QED) is 0.436.